The molecule has 0 aliphatic carbocycles. The average Bonchev–Trinajstić information content (AvgIpc) is 2.68. The van der Waals surface area contributed by atoms with Gasteiger partial charge in [-0.3, -0.25) is 9.59 Å². The van der Waals surface area contributed by atoms with E-state index in [0.717, 1.165) is 5.56 Å². The van der Waals surface area contributed by atoms with Gasteiger partial charge in [-0.25, -0.2) is 4.79 Å². The zero-order valence-electron chi connectivity index (χ0n) is 19.8. The molecule has 1 aromatic rings. The number of Topliss-reactive ketones (excluding diaryl/α,β-unsaturated/α-hetero) is 1. The lowest BCUT2D eigenvalue weighted by atomic mass is 9.89. The smallest absolute Gasteiger partial charge is 0.408 e. The normalized spacial score (nSPS) is 14.5. The number of ketones is 1. The maximum Gasteiger partial charge on any atom is 0.408 e. The molecule has 0 heterocycles. The largest absolute Gasteiger partial charge is 0.469 e. The number of amides is 1. The van der Waals surface area contributed by atoms with Crippen LogP contribution >= 0.6 is 0 Å². The summed E-state index contributed by atoms with van der Waals surface area (Å²) >= 11 is 0. The van der Waals surface area contributed by atoms with Crippen molar-refractivity contribution in [1.82, 2.24) is 5.32 Å². The molecule has 1 rings (SSSR count). The number of hydrogen-bond acceptors (Lipinski definition) is 6. The first-order valence-corrected chi connectivity index (χ1v) is 10.7. The maximum absolute atomic E-state index is 13.1. The molecule has 0 saturated heterocycles. The van der Waals surface area contributed by atoms with E-state index in [1.807, 2.05) is 65.0 Å². The molecule has 1 amide bonds. The third-order valence-electron chi connectivity index (χ3n) is 4.58. The van der Waals surface area contributed by atoms with Crippen LogP contribution in [0.4, 0.5) is 4.79 Å². The Hall–Kier alpha value is -2.41. The predicted octanol–water partition coefficient (Wildman–Crippen LogP) is 4.28. The van der Waals surface area contributed by atoms with Crippen LogP contribution in [0.3, 0.4) is 0 Å². The van der Waals surface area contributed by atoms with Crippen LogP contribution in [0, 0.1) is 11.8 Å². The van der Waals surface area contributed by atoms with E-state index in [-0.39, 0.29) is 24.7 Å². The van der Waals surface area contributed by atoms with Crippen molar-refractivity contribution in [3.05, 3.63) is 35.9 Å². The van der Waals surface area contributed by atoms with Crippen molar-refractivity contribution in [3.63, 3.8) is 0 Å². The van der Waals surface area contributed by atoms with Gasteiger partial charge in [0.15, 0.2) is 5.78 Å². The van der Waals surface area contributed by atoms with Crippen molar-refractivity contribution >= 4 is 17.8 Å². The van der Waals surface area contributed by atoms with Gasteiger partial charge in [-0.1, -0.05) is 44.2 Å². The first-order chi connectivity index (χ1) is 14.4. The number of hydrogen-bond donors (Lipinski definition) is 1. The fourth-order valence-corrected chi connectivity index (χ4v) is 3.35. The fraction of sp³-hybridized carbons (Fsp3) is 0.625. The third kappa shape index (κ3) is 10.4. The van der Waals surface area contributed by atoms with Gasteiger partial charge in [0, 0.05) is 6.42 Å². The van der Waals surface area contributed by atoms with E-state index in [0.29, 0.717) is 6.42 Å². The minimum atomic E-state index is -0.957. The number of carbonyl (C=O) groups excluding carboxylic acids is 3. The van der Waals surface area contributed by atoms with Gasteiger partial charge in [-0.15, -0.1) is 0 Å². The maximum atomic E-state index is 13.1. The van der Waals surface area contributed by atoms with Gasteiger partial charge in [0.2, 0.25) is 0 Å². The second-order valence-electron chi connectivity index (χ2n) is 9.14. The lowest BCUT2D eigenvalue weighted by Gasteiger charge is -2.31. The van der Waals surface area contributed by atoms with E-state index in [4.69, 9.17) is 14.2 Å². The van der Waals surface area contributed by atoms with Crippen molar-refractivity contribution < 1.29 is 28.6 Å². The van der Waals surface area contributed by atoms with E-state index in [1.165, 1.54) is 7.11 Å². The summed E-state index contributed by atoms with van der Waals surface area (Å²) in [6.45, 7) is 11.4. The lowest BCUT2D eigenvalue weighted by Crippen LogP contribution is -2.51. The van der Waals surface area contributed by atoms with Crippen molar-refractivity contribution in [1.29, 1.82) is 0 Å². The minimum absolute atomic E-state index is 0.0493. The molecule has 0 saturated carbocycles. The number of benzene rings is 1. The molecule has 31 heavy (non-hydrogen) atoms. The SMILES string of the molecule is COC(=O)[C@@H](CC(=O)[C@@H](NC(=O)OCc1ccccc1)C(C)OC(C)(C)C)CC(C)C. The lowest BCUT2D eigenvalue weighted by molar-refractivity contribution is -0.148. The first-order valence-electron chi connectivity index (χ1n) is 10.7. The summed E-state index contributed by atoms with van der Waals surface area (Å²) in [7, 11) is 1.31. The summed E-state index contributed by atoms with van der Waals surface area (Å²) in [5.41, 5.74) is 0.315. The molecule has 0 radical (unpaired) electrons. The van der Waals surface area contributed by atoms with Crippen LogP contribution in [-0.4, -0.2) is 42.7 Å². The molecule has 7 heteroatoms. The van der Waals surface area contributed by atoms with E-state index in [1.54, 1.807) is 6.92 Å². The van der Waals surface area contributed by atoms with Crippen LogP contribution in [0.15, 0.2) is 30.3 Å². The number of nitrogens with one attached hydrogen (secondary N) is 1. The zero-order chi connectivity index (χ0) is 23.6. The van der Waals surface area contributed by atoms with E-state index in [9.17, 15) is 14.4 Å². The van der Waals surface area contributed by atoms with Crippen molar-refractivity contribution in [2.75, 3.05) is 7.11 Å². The summed E-state index contributed by atoms with van der Waals surface area (Å²) in [6.07, 6.45) is -0.871. The quantitative estimate of drug-likeness (QED) is 0.522. The van der Waals surface area contributed by atoms with Crippen LogP contribution in [-0.2, 0) is 30.4 Å². The van der Waals surface area contributed by atoms with Gasteiger partial charge in [-0.2, -0.15) is 0 Å². The third-order valence-corrected chi connectivity index (χ3v) is 4.58. The molecule has 0 aliphatic heterocycles. The highest BCUT2D eigenvalue weighted by Crippen LogP contribution is 2.21. The molecule has 0 fully saturated rings. The standard InChI is InChI=1S/C24H37NO6/c1-16(2)13-19(22(27)29-7)14-20(26)21(17(3)31-24(4,5)6)25-23(28)30-15-18-11-9-8-10-12-18/h8-12,16-17,19,21H,13-15H2,1-7H3,(H,25,28)/t17?,19-,21+/m1/s1. The van der Waals surface area contributed by atoms with Crippen molar-refractivity contribution in [2.45, 2.75) is 78.7 Å². The Bertz CT molecular complexity index is 711. The predicted molar refractivity (Wildman–Crippen MR) is 118 cm³/mol. The van der Waals surface area contributed by atoms with Gasteiger partial charge in [-0.05, 0) is 45.6 Å². The zero-order valence-corrected chi connectivity index (χ0v) is 19.8. The van der Waals surface area contributed by atoms with Crippen molar-refractivity contribution in [3.8, 4) is 0 Å². The van der Waals surface area contributed by atoms with Gasteiger partial charge in [0.25, 0.3) is 0 Å². The Morgan fingerprint density at radius 3 is 2.16 bits per heavy atom. The molecule has 1 N–H and O–H groups in total. The highest BCUT2D eigenvalue weighted by atomic mass is 16.6. The molecular weight excluding hydrogens is 398 g/mol. The second-order valence-corrected chi connectivity index (χ2v) is 9.14. The van der Waals surface area contributed by atoms with Gasteiger partial charge < -0.3 is 19.5 Å². The van der Waals surface area contributed by atoms with Gasteiger partial charge in [0.05, 0.1) is 24.7 Å². The van der Waals surface area contributed by atoms with E-state index in [2.05, 4.69) is 5.32 Å². The fourth-order valence-electron chi connectivity index (χ4n) is 3.35. The molecule has 174 valence electrons. The highest BCUT2D eigenvalue weighted by molar-refractivity contribution is 5.91. The minimum Gasteiger partial charge on any atom is -0.469 e. The Kier molecular flexibility index (Phi) is 10.7. The first kappa shape index (κ1) is 26.6. The molecular formula is C24H37NO6. The number of esters is 1. The highest BCUT2D eigenvalue weighted by Gasteiger charge is 2.34. The molecule has 0 aliphatic rings. The second kappa shape index (κ2) is 12.4. The summed E-state index contributed by atoms with van der Waals surface area (Å²) in [5, 5.41) is 2.64. The molecule has 0 bridgehead atoms. The van der Waals surface area contributed by atoms with Gasteiger partial charge >= 0.3 is 12.1 Å². The summed E-state index contributed by atoms with van der Waals surface area (Å²) < 4.78 is 16.1. The van der Waals surface area contributed by atoms with Crippen LogP contribution in [0.25, 0.3) is 0 Å². The Morgan fingerprint density at radius 2 is 1.65 bits per heavy atom. The molecule has 0 aromatic heterocycles. The summed E-state index contributed by atoms with van der Waals surface area (Å²) in [6, 6.07) is 8.30. The van der Waals surface area contributed by atoms with E-state index < -0.39 is 35.7 Å². The molecule has 3 atom stereocenters. The molecule has 7 nitrogen and oxygen atoms in total. The van der Waals surface area contributed by atoms with Gasteiger partial charge in [0.1, 0.15) is 12.6 Å². The van der Waals surface area contributed by atoms with Crippen LogP contribution in [0.1, 0.15) is 59.9 Å². The summed E-state index contributed by atoms with van der Waals surface area (Å²) in [4.78, 5) is 37.7. The number of rotatable bonds is 11. The molecule has 1 aromatic carbocycles. The van der Waals surface area contributed by atoms with Crippen LogP contribution in [0.2, 0.25) is 0 Å². The average molecular weight is 436 g/mol. The van der Waals surface area contributed by atoms with Crippen LogP contribution < -0.4 is 5.32 Å². The topological polar surface area (TPSA) is 90.9 Å². The molecule has 0 spiro atoms. The Morgan fingerprint density at radius 1 is 1.03 bits per heavy atom. The summed E-state index contributed by atoms with van der Waals surface area (Å²) in [5.74, 6) is -1.10. The van der Waals surface area contributed by atoms with E-state index >= 15 is 0 Å². The number of carbonyl (C=O) groups is 3. The Labute approximate surface area is 185 Å². The van der Waals surface area contributed by atoms with Crippen LogP contribution in [0.5, 0.6) is 0 Å². The number of ether oxygens (including phenoxy) is 3. The monoisotopic (exact) mass is 435 g/mol. The Balaban J connectivity index is 2.91. The number of alkyl carbamates (subject to hydrolysis) is 1. The van der Waals surface area contributed by atoms with Crippen molar-refractivity contribution in [2.24, 2.45) is 11.8 Å². The molecule has 1 unspecified atom stereocenters. The number of methoxy groups -OCH3 is 1.